The first kappa shape index (κ1) is 18.1. The van der Waals surface area contributed by atoms with Gasteiger partial charge in [-0.3, -0.25) is 9.78 Å². The van der Waals surface area contributed by atoms with Crippen LogP contribution in [0.2, 0.25) is 0 Å². The maximum atomic E-state index is 12.3. The summed E-state index contributed by atoms with van der Waals surface area (Å²) in [4.78, 5) is 27.6. The molecule has 4 rings (SSSR count). The normalized spacial score (nSPS) is 13.5. The first-order valence-electron chi connectivity index (χ1n) is 9.58. The van der Waals surface area contributed by atoms with Gasteiger partial charge in [-0.2, -0.15) is 0 Å². The van der Waals surface area contributed by atoms with Crippen molar-refractivity contribution in [3.63, 3.8) is 0 Å². The second-order valence-corrected chi connectivity index (χ2v) is 7.02. The fourth-order valence-electron chi connectivity index (χ4n) is 3.35. The van der Waals surface area contributed by atoms with Crippen LogP contribution in [0.25, 0.3) is 11.5 Å². The number of nitrogens with zero attached hydrogens (tertiary/aromatic N) is 4. The molecule has 0 bridgehead atoms. The molecule has 0 saturated carbocycles. The minimum Gasteiger partial charge on any atom is -0.342 e. The van der Waals surface area contributed by atoms with Crippen molar-refractivity contribution in [3.8, 4) is 11.5 Å². The van der Waals surface area contributed by atoms with Crippen molar-refractivity contribution < 1.29 is 4.79 Å². The summed E-state index contributed by atoms with van der Waals surface area (Å²) in [5, 5.41) is 3.32. The van der Waals surface area contributed by atoms with Crippen molar-refractivity contribution in [2.24, 2.45) is 0 Å². The number of hydrogen-bond donors (Lipinski definition) is 1. The van der Waals surface area contributed by atoms with Crippen molar-refractivity contribution in [3.05, 3.63) is 66.0 Å². The predicted molar refractivity (Wildman–Crippen MR) is 109 cm³/mol. The van der Waals surface area contributed by atoms with Gasteiger partial charge in [-0.15, -0.1) is 0 Å². The van der Waals surface area contributed by atoms with E-state index in [-0.39, 0.29) is 5.91 Å². The number of benzene rings is 1. The fourth-order valence-corrected chi connectivity index (χ4v) is 3.35. The molecule has 0 radical (unpaired) electrons. The zero-order valence-electron chi connectivity index (χ0n) is 15.9. The average molecular weight is 373 g/mol. The molecule has 6 heteroatoms. The van der Waals surface area contributed by atoms with E-state index in [0.29, 0.717) is 18.1 Å². The second-order valence-electron chi connectivity index (χ2n) is 7.02. The van der Waals surface area contributed by atoms with E-state index in [0.717, 1.165) is 48.6 Å². The number of carbonyl (C=O) groups excluding carboxylic acids is 1. The van der Waals surface area contributed by atoms with Crippen LogP contribution in [0.3, 0.4) is 0 Å². The lowest BCUT2D eigenvalue weighted by atomic mass is 10.1. The average Bonchev–Trinajstić information content (AvgIpc) is 3.25. The maximum Gasteiger partial charge on any atom is 0.226 e. The highest BCUT2D eigenvalue weighted by molar-refractivity contribution is 5.79. The number of likely N-dealkylation sites (tertiary alicyclic amines) is 1. The Morgan fingerprint density at radius 2 is 1.86 bits per heavy atom. The number of anilines is 2. The number of pyridine rings is 1. The molecule has 1 aliphatic rings. The number of aryl methyl sites for hydroxylation is 1. The molecule has 0 atom stereocenters. The number of carbonyl (C=O) groups is 1. The zero-order chi connectivity index (χ0) is 19.3. The summed E-state index contributed by atoms with van der Waals surface area (Å²) in [6.07, 6.45) is 4.42. The van der Waals surface area contributed by atoms with E-state index >= 15 is 0 Å². The van der Waals surface area contributed by atoms with Crippen molar-refractivity contribution in [2.45, 2.75) is 26.2 Å². The van der Waals surface area contributed by atoms with E-state index in [9.17, 15) is 4.79 Å². The molecule has 0 aliphatic carbocycles. The van der Waals surface area contributed by atoms with E-state index in [1.54, 1.807) is 6.20 Å². The summed E-state index contributed by atoms with van der Waals surface area (Å²) >= 11 is 0. The van der Waals surface area contributed by atoms with Crippen LogP contribution in [-0.2, 0) is 11.2 Å². The Labute approximate surface area is 164 Å². The van der Waals surface area contributed by atoms with Gasteiger partial charge in [-0.05, 0) is 49.6 Å². The van der Waals surface area contributed by atoms with Gasteiger partial charge in [0.05, 0.1) is 6.42 Å². The quantitative estimate of drug-likeness (QED) is 0.737. The summed E-state index contributed by atoms with van der Waals surface area (Å²) in [6.45, 7) is 3.72. The van der Waals surface area contributed by atoms with Crippen LogP contribution < -0.4 is 5.32 Å². The van der Waals surface area contributed by atoms with Gasteiger partial charge in [0.15, 0.2) is 5.82 Å². The van der Waals surface area contributed by atoms with Crippen molar-refractivity contribution in [2.75, 3.05) is 18.4 Å². The van der Waals surface area contributed by atoms with Crippen LogP contribution in [0, 0.1) is 6.92 Å². The Kier molecular flexibility index (Phi) is 5.28. The predicted octanol–water partition coefficient (Wildman–Crippen LogP) is 3.76. The largest absolute Gasteiger partial charge is 0.342 e. The number of aromatic nitrogens is 3. The molecule has 1 N–H and O–H groups in total. The number of amides is 1. The van der Waals surface area contributed by atoms with Gasteiger partial charge in [-0.1, -0.05) is 18.2 Å². The lowest BCUT2D eigenvalue weighted by molar-refractivity contribution is -0.129. The van der Waals surface area contributed by atoms with Crippen LogP contribution in [0.4, 0.5) is 11.5 Å². The molecule has 2 aromatic heterocycles. The number of rotatable bonds is 5. The van der Waals surface area contributed by atoms with Crippen LogP contribution in [0.15, 0.2) is 54.7 Å². The number of hydrogen-bond acceptors (Lipinski definition) is 5. The van der Waals surface area contributed by atoms with Crippen molar-refractivity contribution in [1.82, 2.24) is 19.9 Å². The third-order valence-corrected chi connectivity index (χ3v) is 4.79. The minimum atomic E-state index is 0.213. The summed E-state index contributed by atoms with van der Waals surface area (Å²) in [6, 6.07) is 15.5. The highest BCUT2D eigenvalue weighted by Crippen LogP contribution is 2.20. The summed E-state index contributed by atoms with van der Waals surface area (Å²) in [5.41, 5.74) is 3.55. The van der Waals surface area contributed by atoms with E-state index < -0.39 is 0 Å². The van der Waals surface area contributed by atoms with Gasteiger partial charge in [-0.25, -0.2) is 9.97 Å². The molecule has 1 fully saturated rings. The highest BCUT2D eigenvalue weighted by Gasteiger charge is 2.17. The SMILES string of the molecule is Cc1cc(Nc2ccc(CC(=O)N3CCCC3)cc2)nc(-c2ccccn2)n1. The molecule has 3 heterocycles. The molecular weight excluding hydrogens is 350 g/mol. The Bertz CT molecular complexity index is 950. The first-order chi connectivity index (χ1) is 13.7. The topological polar surface area (TPSA) is 71.0 Å². The van der Waals surface area contributed by atoms with E-state index in [4.69, 9.17) is 0 Å². The molecule has 28 heavy (non-hydrogen) atoms. The molecule has 142 valence electrons. The summed E-state index contributed by atoms with van der Waals surface area (Å²) < 4.78 is 0. The van der Waals surface area contributed by atoms with Crippen LogP contribution in [0.5, 0.6) is 0 Å². The molecule has 1 saturated heterocycles. The minimum absolute atomic E-state index is 0.213. The third-order valence-electron chi connectivity index (χ3n) is 4.79. The van der Waals surface area contributed by atoms with E-state index in [2.05, 4.69) is 20.3 Å². The molecule has 0 spiro atoms. The first-order valence-corrected chi connectivity index (χ1v) is 9.58. The van der Waals surface area contributed by atoms with Gasteiger partial charge in [0.1, 0.15) is 11.5 Å². The Morgan fingerprint density at radius 1 is 1.07 bits per heavy atom. The highest BCUT2D eigenvalue weighted by atomic mass is 16.2. The summed E-state index contributed by atoms with van der Waals surface area (Å²) in [7, 11) is 0. The molecule has 1 amide bonds. The van der Waals surface area contributed by atoms with Crippen molar-refractivity contribution >= 4 is 17.4 Å². The van der Waals surface area contributed by atoms with Crippen LogP contribution >= 0.6 is 0 Å². The van der Waals surface area contributed by atoms with E-state index in [1.807, 2.05) is 60.4 Å². The molecule has 1 aliphatic heterocycles. The fraction of sp³-hybridized carbons (Fsp3) is 0.273. The molecule has 6 nitrogen and oxygen atoms in total. The van der Waals surface area contributed by atoms with Gasteiger partial charge in [0, 0.05) is 36.7 Å². The Hall–Kier alpha value is -3.28. The summed E-state index contributed by atoms with van der Waals surface area (Å²) in [5.74, 6) is 1.52. The lowest BCUT2D eigenvalue weighted by Crippen LogP contribution is -2.29. The second kappa shape index (κ2) is 8.17. The Morgan fingerprint density at radius 3 is 2.57 bits per heavy atom. The van der Waals surface area contributed by atoms with Gasteiger partial charge in [0.2, 0.25) is 5.91 Å². The molecule has 3 aromatic rings. The molecular formula is C22H23N5O. The van der Waals surface area contributed by atoms with E-state index in [1.165, 1.54) is 0 Å². The molecule has 0 unspecified atom stereocenters. The van der Waals surface area contributed by atoms with Crippen LogP contribution in [0.1, 0.15) is 24.1 Å². The van der Waals surface area contributed by atoms with Crippen molar-refractivity contribution in [1.29, 1.82) is 0 Å². The van der Waals surface area contributed by atoms with Gasteiger partial charge >= 0.3 is 0 Å². The zero-order valence-corrected chi connectivity index (χ0v) is 15.9. The number of nitrogens with one attached hydrogen (secondary N) is 1. The Balaban J connectivity index is 1.45. The third kappa shape index (κ3) is 4.34. The smallest absolute Gasteiger partial charge is 0.226 e. The maximum absolute atomic E-state index is 12.3. The van der Waals surface area contributed by atoms with Gasteiger partial charge < -0.3 is 10.2 Å². The molecule has 1 aromatic carbocycles. The monoisotopic (exact) mass is 373 g/mol. The van der Waals surface area contributed by atoms with Crippen LogP contribution in [-0.4, -0.2) is 38.8 Å². The standard InChI is InChI=1S/C22H23N5O/c1-16-14-20(26-22(24-16)19-6-2-3-11-23-19)25-18-9-7-17(8-10-18)15-21(28)27-12-4-5-13-27/h2-3,6-11,14H,4-5,12-13,15H2,1H3,(H,24,25,26). The lowest BCUT2D eigenvalue weighted by Gasteiger charge is -2.15. The van der Waals surface area contributed by atoms with Gasteiger partial charge in [0.25, 0.3) is 0 Å².